The molecule has 0 bridgehead atoms. The molecule has 1 heterocycles. The molecule has 0 aromatic heterocycles. The summed E-state index contributed by atoms with van der Waals surface area (Å²) in [5.74, 6) is 0.922. The summed E-state index contributed by atoms with van der Waals surface area (Å²) in [4.78, 5) is 2.39. The Morgan fingerprint density at radius 2 is 1.95 bits per heavy atom. The third-order valence-electron chi connectivity index (χ3n) is 3.89. The summed E-state index contributed by atoms with van der Waals surface area (Å²) >= 11 is 6.07. The van der Waals surface area contributed by atoms with Gasteiger partial charge in [-0.3, -0.25) is 4.90 Å². The van der Waals surface area contributed by atoms with Crippen LogP contribution >= 0.6 is 11.6 Å². The lowest BCUT2D eigenvalue weighted by Gasteiger charge is -2.29. The molecule has 0 amide bonds. The Hall–Kier alpha value is -1.71. The Labute approximate surface area is 130 Å². The van der Waals surface area contributed by atoms with Crippen LogP contribution in [0.2, 0.25) is 5.02 Å². The number of hydrogen-bond donors (Lipinski definition) is 1. The minimum atomic E-state index is 0.662. The van der Waals surface area contributed by atoms with Crippen LogP contribution in [0.25, 0.3) is 0 Å². The number of benzene rings is 2. The molecule has 2 aromatic rings. The molecule has 110 valence electrons. The summed E-state index contributed by atoms with van der Waals surface area (Å²) in [5, 5.41) is 0.662. The van der Waals surface area contributed by atoms with Gasteiger partial charge in [0.1, 0.15) is 12.4 Å². The van der Waals surface area contributed by atoms with Crippen LogP contribution in [0.4, 0.5) is 5.69 Å². The highest BCUT2D eigenvalue weighted by Gasteiger charge is 2.19. The first-order valence-electron chi connectivity index (χ1n) is 7.20. The first kappa shape index (κ1) is 14.2. The molecule has 0 atom stereocenters. The van der Waals surface area contributed by atoms with Crippen LogP contribution < -0.4 is 10.5 Å². The van der Waals surface area contributed by atoms with Crippen molar-refractivity contribution in [1.29, 1.82) is 0 Å². The van der Waals surface area contributed by atoms with E-state index in [1.807, 2.05) is 36.4 Å². The highest BCUT2D eigenvalue weighted by molar-refractivity contribution is 6.33. The van der Waals surface area contributed by atoms with Gasteiger partial charge in [0.2, 0.25) is 0 Å². The number of para-hydroxylation sites is 1. The van der Waals surface area contributed by atoms with E-state index in [9.17, 15) is 0 Å². The fourth-order valence-electron chi connectivity index (χ4n) is 2.71. The molecular weight excluding hydrogens is 284 g/mol. The van der Waals surface area contributed by atoms with Crippen LogP contribution in [0.15, 0.2) is 42.5 Å². The molecule has 0 radical (unpaired) electrons. The molecular formula is C17H19ClN2O. The van der Waals surface area contributed by atoms with Crippen LogP contribution in [0.1, 0.15) is 11.1 Å². The Balaban J connectivity index is 1.56. The van der Waals surface area contributed by atoms with E-state index >= 15 is 0 Å². The number of nitrogens with zero attached hydrogens (tertiary/aromatic N) is 1. The Morgan fingerprint density at radius 3 is 2.76 bits per heavy atom. The first-order valence-corrected chi connectivity index (χ1v) is 7.58. The van der Waals surface area contributed by atoms with E-state index in [0.717, 1.165) is 37.5 Å². The average Bonchev–Trinajstić information content (AvgIpc) is 2.52. The molecule has 2 aromatic carbocycles. The number of rotatable bonds is 4. The summed E-state index contributed by atoms with van der Waals surface area (Å²) < 4.78 is 5.75. The number of nitrogens with two attached hydrogens (primary N) is 1. The fourth-order valence-corrected chi connectivity index (χ4v) is 2.89. The van der Waals surface area contributed by atoms with Gasteiger partial charge in [-0.25, -0.2) is 0 Å². The summed E-state index contributed by atoms with van der Waals surface area (Å²) in [6, 6.07) is 13.9. The summed E-state index contributed by atoms with van der Waals surface area (Å²) in [6.07, 6.45) is 0.951. The Kier molecular flexibility index (Phi) is 4.32. The van der Waals surface area contributed by atoms with Crippen LogP contribution in [-0.2, 0) is 13.0 Å². The van der Waals surface area contributed by atoms with E-state index in [0.29, 0.717) is 11.6 Å². The van der Waals surface area contributed by atoms with Crippen LogP contribution in [0.5, 0.6) is 5.75 Å². The van der Waals surface area contributed by atoms with Crippen LogP contribution in [-0.4, -0.2) is 24.6 Å². The number of ether oxygens (including phenoxy) is 1. The zero-order valence-corrected chi connectivity index (χ0v) is 12.6. The molecule has 2 N–H and O–H groups in total. The lowest BCUT2D eigenvalue weighted by molar-refractivity contribution is 0.196. The van der Waals surface area contributed by atoms with Gasteiger partial charge in [-0.05, 0) is 35.7 Å². The minimum Gasteiger partial charge on any atom is -0.492 e. The molecule has 0 unspecified atom stereocenters. The van der Waals surface area contributed by atoms with Gasteiger partial charge in [0.15, 0.2) is 0 Å². The van der Waals surface area contributed by atoms with Gasteiger partial charge < -0.3 is 10.5 Å². The topological polar surface area (TPSA) is 38.5 Å². The second kappa shape index (κ2) is 6.37. The van der Waals surface area contributed by atoms with E-state index in [-0.39, 0.29) is 0 Å². The highest BCUT2D eigenvalue weighted by atomic mass is 35.5. The van der Waals surface area contributed by atoms with E-state index < -0.39 is 0 Å². The van der Waals surface area contributed by atoms with Crippen molar-refractivity contribution in [2.75, 3.05) is 25.4 Å². The van der Waals surface area contributed by atoms with Crippen molar-refractivity contribution in [3.63, 3.8) is 0 Å². The van der Waals surface area contributed by atoms with Crippen molar-refractivity contribution >= 4 is 17.3 Å². The standard InChI is InChI=1S/C17H19ClN2O/c18-16-7-6-13-12-20(9-8-15(13)17(16)19)10-11-21-14-4-2-1-3-5-14/h1-7H,8-12,19H2. The van der Waals surface area contributed by atoms with Gasteiger partial charge in [0, 0.05) is 19.6 Å². The number of fused-ring (bicyclic) bond motifs is 1. The second-order valence-corrected chi connectivity index (χ2v) is 5.69. The summed E-state index contributed by atoms with van der Waals surface area (Å²) in [7, 11) is 0. The molecule has 0 spiro atoms. The third-order valence-corrected chi connectivity index (χ3v) is 4.22. The quantitative estimate of drug-likeness (QED) is 0.880. The van der Waals surface area contributed by atoms with E-state index in [1.165, 1.54) is 11.1 Å². The molecule has 0 fully saturated rings. The van der Waals surface area contributed by atoms with Crippen LogP contribution in [0, 0.1) is 0 Å². The largest absolute Gasteiger partial charge is 0.492 e. The molecule has 4 heteroatoms. The maximum atomic E-state index is 6.07. The summed E-state index contributed by atoms with van der Waals surface area (Å²) in [6.45, 7) is 3.52. The predicted octanol–water partition coefficient (Wildman–Crippen LogP) is 3.36. The number of anilines is 1. The predicted molar refractivity (Wildman–Crippen MR) is 86.8 cm³/mol. The van der Waals surface area contributed by atoms with Crippen LogP contribution in [0.3, 0.4) is 0 Å². The van der Waals surface area contributed by atoms with E-state index in [2.05, 4.69) is 11.0 Å². The molecule has 3 rings (SSSR count). The zero-order chi connectivity index (χ0) is 14.7. The van der Waals surface area contributed by atoms with Gasteiger partial charge >= 0.3 is 0 Å². The molecule has 1 aliphatic heterocycles. The monoisotopic (exact) mass is 302 g/mol. The molecule has 1 aliphatic rings. The van der Waals surface area contributed by atoms with Crippen molar-refractivity contribution in [2.24, 2.45) is 0 Å². The minimum absolute atomic E-state index is 0.662. The van der Waals surface area contributed by atoms with Crippen molar-refractivity contribution in [1.82, 2.24) is 4.90 Å². The lowest BCUT2D eigenvalue weighted by Crippen LogP contribution is -2.34. The second-order valence-electron chi connectivity index (χ2n) is 5.29. The number of hydrogen-bond acceptors (Lipinski definition) is 3. The third kappa shape index (κ3) is 3.31. The first-order chi connectivity index (χ1) is 10.2. The normalized spacial score (nSPS) is 14.7. The smallest absolute Gasteiger partial charge is 0.119 e. The lowest BCUT2D eigenvalue weighted by atomic mass is 9.98. The van der Waals surface area contributed by atoms with Gasteiger partial charge in [-0.15, -0.1) is 0 Å². The molecule has 3 nitrogen and oxygen atoms in total. The fraction of sp³-hybridized carbons (Fsp3) is 0.294. The van der Waals surface area contributed by atoms with Gasteiger partial charge in [-0.2, -0.15) is 0 Å². The average molecular weight is 303 g/mol. The number of nitrogen functional groups attached to an aromatic ring is 1. The maximum Gasteiger partial charge on any atom is 0.119 e. The van der Waals surface area contributed by atoms with Crippen molar-refractivity contribution in [3.8, 4) is 5.75 Å². The Morgan fingerprint density at radius 1 is 1.14 bits per heavy atom. The van der Waals surface area contributed by atoms with Crippen molar-refractivity contribution in [3.05, 3.63) is 58.6 Å². The van der Waals surface area contributed by atoms with E-state index in [4.69, 9.17) is 22.1 Å². The summed E-state index contributed by atoms with van der Waals surface area (Å²) in [5.41, 5.74) is 9.29. The Bertz CT molecular complexity index is 616. The van der Waals surface area contributed by atoms with Gasteiger partial charge in [0.05, 0.1) is 10.7 Å². The molecule has 0 saturated heterocycles. The molecule has 21 heavy (non-hydrogen) atoms. The molecule has 0 saturated carbocycles. The highest BCUT2D eigenvalue weighted by Crippen LogP contribution is 2.30. The van der Waals surface area contributed by atoms with E-state index in [1.54, 1.807) is 0 Å². The maximum absolute atomic E-state index is 6.07. The van der Waals surface area contributed by atoms with Crippen molar-refractivity contribution < 1.29 is 4.74 Å². The molecule has 0 aliphatic carbocycles. The van der Waals surface area contributed by atoms with Gasteiger partial charge in [0.25, 0.3) is 0 Å². The SMILES string of the molecule is Nc1c(Cl)ccc2c1CCN(CCOc1ccccc1)C2. The van der Waals surface area contributed by atoms with Gasteiger partial charge in [-0.1, -0.05) is 35.9 Å². The van der Waals surface area contributed by atoms with Crippen molar-refractivity contribution in [2.45, 2.75) is 13.0 Å². The zero-order valence-electron chi connectivity index (χ0n) is 11.9. The number of halogens is 1.